The van der Waals surface area contributed by atoms with E-state index in [9.17, 15) is 4.79 Å². The topological polar surface area (TPSA) is 72.8 Å². The standard InChI is InChI=1S/C19H40N2O3/c1-2-3-4-5-6-7-8-9-10-12-19(24)20-13-11-14-21(15-17-22)16-18-23/h22-23H,2-18H2,1H3,(H,20,24). The van der Waals surface area contributed by atoms with Gasteiger partial charge in [0.05, 0.1) is 13.2 Å². The molecule has 0 radical (unpaired) electrons. The molecule has 144 valence electrons. The Kier molecular flexibility index (Phi) is 18.2. The molecular weight excluding hydrogens is 304 g/mol. The van der Waals surface area contributed by atoms with E-state index in [0.717, 1.165) is 25.8 Å². The molecule has 5 heteroatoms. The van der Waals surface area contributed by atoms with E-state index < -0.39 is 0 Å². The number of nitrogens with zero attached hydrogens (tertiary/aromatic N) is 1. The molecule has 24 heavy (non-hydrogen) atoms. The molecule has 0 aliphatic rings. The van der Waals surface area contributed by atoms with E-state index in [2.05, 4.69) is 12.2 Å². The lowest BCUT2D eigenvalue weighted by molar-refractivity contribution is -0.121. The normalized spacial score (nSPS) is 11.2. The number of aliphatic hydroxyl groups excluding tert-OH is 2. The first-order chi connectivity index (χ1) is 11.7. The van der Waals surface area contributed by atoms with E-state index in [4.69, 9.17) is 10.2 Å². The van der Waals surface area contributed by atoms with Crippen LogP contribution in [0.25, 0.3) is 0 Å². The van der Waals surface area contributed by atoms with Gasteiger partial charge in [-0.2, -0.15) is 0 Å². The van der Waals surface area contributed by atoms with Crippen LogP contribution in [0.4, 0.5) is 0 Å². The summed E-state index contributed by atoms with van der Waals surface area (Å²) >= 11 is 0. The number of unbranched alkanes of at least 4 members (excludes halogenated alkanes) is 8. The van der Waals surface area contributed by atoms with Crippen molar-refractivity contribution >= 4 is 5.91 Å². The highest BCUT2D eigenvalue weighted by Gasteiger charge is 2.04. The van der Waals surface area contributed by atoms with Gasteiger partial charge in [-0.05, 0) is 19.4 Å². The van der Waals surface area contributed by atoms with Crippen LogP contribution in [0.2, 0.25) is 0 Å². The Morgan fingerprint density at radius 3 is 1.88 bits per heavy atom. The Morgan fingerprint density at radius 2 is 1.33 bits per heavy atom. The summed E-state index contributed by atoms with van der Waals surface area (Å²) in [4.78, 5) is 13.7. The first-order valence-electron chi connectivity index (χ1n) is 9.95. The predicted octanol–water partition coefficient (Wildman–Crippen LogP) is 2.70. The maximum Gasteiger partial charge on any atom is 0.219 e. The third-order valence-corrected chi connectivity index (χ3v) is 4.31. The molecule has 0 bridgehead atoms. The summed E-state index contributed by atoms with van der Waals surface area (Å²) in [6, 6.07) is 0. The zero-order chi connectivity index (χ0) is 17.9. The lowest BCUT2D eigenvalue weighted by atomic mass is 10.1. The molecule has 0 aromatic rings. The minimum atomic E-state index is 0.102. The molecule has 0 rings (SSSR count). The Morgan fingerprint density at radius 1 is 0.792 bits per heavy atom. The van der Waals surface area contributed by atoms with Gasteiger partial charge in [-0.25, -0.2) is 0 Å². The molecule has 3 N–H and O–H groups in total. The van der Waals surface area contributed by atoms with E-state index in [-0.39, 0.29) is 19.1 Å². The van der Waals surface area contributed by atoms with Gasteiger partial charge in [0.2, 0.25) is 5.91 Å². The lowest BCUT2D eigenvalue weighted by Gasteiger charge is -2.19. The molecule has 0 aliphatic heterocycles. The van der Waals surface area contributed by atoms with Gasteiger partial charge in [0, 0.05) is 26.1 Å². The number of hydrogen-bond donors (Lipinski definition) is 3. The van der Waals surface area contributed by atoms with Gasteiger partial charge in [-0.1, -0.05) is 58.3 Å². The zero-order valence-corrected chi connectivity index (χ0v) is 15.8. The zero-order valence-electron chi connectivity index (χ0n) is 15.8. The summed E-state index contributed by atoms with van der Waals surface area (Å²) < 4.78 is 0. The summed E-state index contributed by atoms with van der Waals surface area (Å²) in [5.41, 5.74) is 0. The molecule has 0 spiro atoms. The number of aliphatic hydroxyl groups is 2. The lowest BCUT2D eigenvalue weighted by Crippen LogP contribution is -2.33. The maximum atomic E-state index is 11.7. The van der Waals surface area contributed by atoms with Crippen molar-refractivity contribution in [2.45, 2.75) is 77.6 Å². The first-order valence-corrected chi connectivity index (χ1v) is 9.95. The fraction of sp³-hybridized carbons (Fsp3) is 0.947. The van der Waals surface area contributed by atoms with Crippen molar-refractivity contribution in [2.75, 3.05) is 39.4 Å². The second-order valence-corrected chi connectivity index (χ2v) is 6.57. The monoisotopic (exact) mass is 344 g/mol. The van der Waals surface area contributed by atoms with Gasteiger partial charge >= 0.3 is 0 Å². The van der Waals surface area contributed by atoms with Gasteiger partial charge in [-0.15, -0.1) is 0 Å². The molecule has 0 heterocycles. The van der Waals surface area contributed by atoms with Crippen LogP contribution in [-0.2, 0) is 4.79 Å². The summed E-state index contributed by atoms with van der Waals surface area (Å²) in [6.45, 7) is 5.06. The Bertz CT molecular complexity index is 269. The van der Waals surface area contributed by atoms with Crippen molar-refractivity contribution in [3.05, 3.63) is 0 Å². The number of carbonyl (C=O) groups excluding carboxylic acids is 1. The predicted molar refractivity (Wildman–Crippen MR) is 100 cm³/mol. The summed E-state index contributed by atoms with van der Waals surface area (Å²) in [7, 11) is 0. The van der Waals surface area contributed by atoms with Crippen LogP contribution in [0.1, 0.15) is 77.6 Å². The van der Waals surface area contributed by atoms with Gasteiger partial charge in [0.1, 0.15) is 0 Å². The van der Waals surface area contributed by atoms with Crippen LogP contribution in [0.5, 0.6) is 0 Å². The van der Waals surface area contributed by atoms with Crippen LogP contribution < -0.4 is 5.32 Å². The molecule has 0 fully saturated rings. The fourth-order valence-corrected chi connectivity index (χ4v) is 2.83. The number of rotatable bonds is 18. The maximum absolute atomic E-state index is 11.7. The molecule has 0 aromatic heterocycles. The molecule has 0 unspecified atom stereocenters. The molecule has 1 amide bonds. The third-order valence-electron chi connectivity index (χ3n) is 4.31. The number of amides is 1. The van der Waals surface area contributed by atoms with E-state index in [0.29, 0.717) is 26.1 Å². The summed E-state index contributed by atoms with van der Waals surface area (Å²) in [6.07, 6.45) is 12.9. The van der Waals surface area contributed by atoms with Crippen LogP contribution in [0, 0.1) is 0 Å². The minimum Gasteiger partial charge on any atom is -0.395 e. The largest absolute Gasteiger partial charge is 0.395 e. The highest BCUT2D eigenvalue weighted by atomic mass is 16.3. The van der Waals surface area contributed by atoms with Crippen LogP contribution in [0.3, 0.4) is 0 Å². The molecule has 0 atom stereocenters. The quantitative estimate of drug-likeness (QED) is 0.334. The molecule has 0 aliphatic carbocycles. The Balaban J connectivity index is 3.37. The van der Waals surface area contributed by atoms with Crippen molar-refractivity contribution in [3.8, 4) is 0 Å². The minimum absolute atomic E-state index is 0.102. The van der Waals surface area contributed by atoms with Crippen molar-refractivity contribution in [3.63, 3.8) is 0 Å². The smallest absolute Gasteiger partial charge is 0.219 e. The Labute approximate surface area is 148 Å². The fourth-order valence-electron chi connectivity index (χ4n) is 2.83. The van der Waals surface area contributed by atoms with Crippen molar-refractivity contribution in [2.24, 2.45) is 0 Å². The number of hydrogen-bond acceptors (Lipinski definition) is 4. The second kappa shape index (κ2) is 18.7. The molecule has 5 nitrogen and oxygen atoms in total. The van der Waals surface area contributed by atoms with Gasteiger partial charge in [-0.3, -0.25) is 9.69 Å². The molecular formula is C19H40N2O3. The van der Waals surface area contributed by atoms with Crippen molar-refractivity contribution in [1.82, 2.24) is 10.2 Å². The highest BCUT2D eigenvalue weighted by Crippen LogP contribution is 2.10. The van der Waals surface area contributed by atoms with Crippen LogP contribution >= 0.6 is 0 Å². The molecule has 0 aromatic carbocycles. The van der Waals surface area contributed by atoms with Gasteiger partial charge < -0.3 is 15.5 Å². The summed E-state index contributed by atoms with van der Waals surface area (Å²) in [5, 5.41) is 20.8. The van der Waals surface area contributed by atoms with Gasteiger partial charge in [0.15, 0.2) is 0 Å². The SMILES string of the molecule is CCCCCCCCCCCC(=O)NCCCN(CCO)CCO. The van der Waals surface area contributed by atoms with E-state index in [1.54, 1.807) is 0 Å². The van der Waals surface area contributed by atoms with Crippen molar-refractivity contribution in [1.29, 1.82) is 0 Å². The third kappa shape index (κ3) is 16.2. The molecule has 0 saturated heterocycles. The highest BCUT2D eigenvalue weighted by molar-refractivity contribution is 5.75. The Hall–Kier alpha value is -0.650. The van der Waals surface area contributed by atoms with Crippen molar-refractivity contribution < 1.29 is 15.0 Å². The second-order valence-electron chi connectivity index (χ2n) is 6.57. The van der Waals surface area contributed by atoms with Crippen LogP contribution in [0.15, 0.2) is 0 Å². The summed E-state index contributed by atoms with van der Waals surface area (Å²) in [5.74, 6) is 0.147. The van der Waals surface area contributed by atoms with Gasteiger partial charge in [0.25, 0.3) is 0 Å². The number of carbonyl (C=O) groups is 1. The molecule has 0 saturated carbocycles. The average Bonchev–Trinajstić information content (AvgIpc) is 2.57. The van der Waals surface area contributed by atoms with E-state index in [1.165, 1.54) is 44.9 Å². The van der Waals surface area contributed by atoms with E-state index in [1.807, 2.05) is 4.90 Å². The van der Waals surface area contributed by atoms with Crippen LogP contribution in [-0.4, -0.2) is 60.4 Å². The van der Waals surface area contributed by atoms with E-state index >= 15 is 0 Å². The average molecular weight is 345 g/mol. The number of nitrogens with one attached hydrogen (secondary N) is 1. The first kappa shape index (κ1) is 23.4.